The van der Waals surface area contributed by atoms with E-state index >= 15 is 0 Å². The Morgan fingerprint density at radius 3 is 2.61 bits per heavy atom. The fourth-order valence-electron chi connectivity index (χ4n) is 3.01. The maximum Gasteiger partial charge on any atom is 0.332 e. The second-order valence-electron chi connectivity index (χ2n) is 5.98. The summed E-state index contributed by atoms with van der Waals surface area (Å²) in [5.74, 6) is 0. The monoisotopic (exact) mass is 322 g/mol. The molecule has 1 fully saturated rings. The van der Waals surface area contributed by atoms with Crippen molar-refractivity contribution in [1.82, 2.24) is 28.9 Å². The van der Waals surface area contributed by atoms with Crippen molar-refractivity contribution in [3.8, 4) is 0 Å². The van der Waals surface area contributed by atoms with Crippen LogP contribution in [0.4, 0.5) is 0 Å². The Kier molecular flexibility index (Phi) is 4.33. The Morgan fingerprint density at radius 2 is 1.91 bits per heavy atom. The zero-order valence-electron chi connectivity index (χ0n) is 13.4. The van der Waals surface area contributed by atoms with Crippen LogP contribution in [0.5, 0.6) is 0 Å². The third-order valence-electron chi connectivity index (χ3n) is 4.30. The number of nitrogens with zero attached hydrogens (tertiary/aromatic N) is 5. The summed E-state index contributed by atoms with van der Waals surface area (Å²) in [7, 11) is 3.03. The smallest absolute Gasteiger partial charge is 0.332 e. The molecule has 0 aromatic carbocycles. The van der Waals surface area contributed by atoms with E-state index in [0.717, 1.165) is 30.7 Å². The highest BCUT2D eigenvalue weighted by atomic mass is 16.3. The molecule has 0 spiro atoms. The second kappa shape index (κ2) is 6.26. The Labute approximate surface area is 132 Å². The van der Waals surface area contributed by atoms with Crippen molar-refractivity contribution in [2.45, 2.75) is 12.6 Å². The van der Waals surface area contributed by atoms with Gasteiger partial charge in [-0.05, 0) is 0 Å². The van der Waals surface area contributed by atoms with Crippen molar-refractivity contribution in [2.24, 2.45) is 14.1 Å². The van der Waals surface area contributed by atoms with Gasteiger partial charge in [0.05, 0.1) is 19.0 Å². The minimum atomic E-state index is -0.604. The summed E-state index contributed by atoms with van der Waals surface area (Å²) in [6.07, 6.45) is 0.902. The average Bonchev–Trinajstić information content (AvgIpc) is 2.95. The lowest BCUT2D eigenvalue weighted by Gasteiger charge is -2.29. The number of imidazole rings is 1. The lowest BCUT2D eigenvalue weighted by molar-refractivity contribution is 0.0925. The maximum absolute atomic E-state index is 12.3. The van der Waals surface area contributed by atoms with Crippen molar-refractivity contribution in [3.63, 3.8) is 0 Å². The molecule has 2 aromatic heterocycles. The van der Waals surface area contributed by atoms with Crippen molar-refractivity contribution >= 4 is 11.2 Å². The van der Waals surface area contributed by atoms with E-state index < -0.39 is 17.4 Å². The zero-order valence-corrected chi connectivity index (χ0v) is 13.4. The molecule has 1 saturated heterocycles. The van der Waals surface area contributed by atoms with Gasteiger partial charge in [0.15, 0.2) is 11.2 Å². The van der Waals surface area contributed by atoms with Crippen molar-refractivity contribution < 1.29 is 5.11 Å². The lowest BCUT2D eigenvalue weighted by Crippen LogP contribution is -2.47. The highest BCUT2D eigenvalue weighted by molar-refractivity contribution is 5.69. The molecule has 0 amide bonds. The van der Waals surface area contributed by atoms with Gasteiger partial charge in [0.1, 0.15) is 0 Å². The van der Waals surface area contributed by atoms with Gasteiger partial charge in [-0.25, -0.2) is 9.78 Å². The van der Waals surface area contributed by atoms with Gasteiger partial charge in [-0.15, -0.1) is 0 Å². The minimum absolute atomic E-state index is 0.272. The van der Waals surface area contributed by atoms with Crippen LogP contribution in [0.3, 0.4) is 0 Å². The number of aryl methyl sites for hydroxylation is 1. The minimum Gasteiger partial charge on any atom is -0.390 e. The van der Waals surface area contributed by atoms with E-state index in [1.807, 2.05) is 0 Å². The number of aromatic nitrogens is 4. The highest BCUT2D eigenvalue weighted by Crippen LogP contribution is 2.07. The third kappa shape index (κ3) is 2.94. The van der Waals surface area contributed by atoms with E-state index in [1.165, 1.54) is 17.9 Å². The SMILES string of the molecule is Cn1c(=O)c2c(ncn2CC(O)CN2CCNCC2)n(C)c1=O. The van der Waals surface area contributed by atoms with Gasteiger partial charge in [0.2, 0.25) is 0 Å². The summed E-state index contributed by atoms with van der Waals surface area (Å²) in [5, 5.41) is 13.6. The standard InChI is InChI=1S/C14H22N6O3/c1-17-12-11(13(22)18(2)14(17)23)20(9-16-12)8-10(21)7-19-5-3-15-4-6-19/h9-10,15,21H,3-8H2,1-2H3. The first-order valence-electron chi connectivity index (χ1n) is 7.71. The Morgan fingerprint density at radius 1 is 1.22 bits per heavy atom. The maximum atomic E-state index is 12.3. The molecule has 1 atom stereocenters. The van der Waals surface area contributed by atoms with Crippen molar-refractivity contribution in [2.75, 3.05) is 32.7 Å². The van der Waals surface area contributed by atoms with E-state index in [0.29, 0.717) is 17.7 Å². The molecule has 9 nitrogen and oxygen atoms in total. The predicted octanol–water partition coefficient (Wildman–Crippen LogP) is -2.30. The van der Waals surface area contributed by atoms with E-state index in [9.17, 15) is 14.7 Å². The predicted molar refractivity (Wildman–Crippen MR) is 85.5 cm³/mol. The Hall–Kier alpha value is -1.97. The molecular formula is C14H22N6O3. The molecule has 2 N–H and O–H groups in total. The summed E-state index contributed by atoms with van der Waals surface area (Å²) in [4.78, 5) is 30.6. The first kappa shape index (κ1) is 15.9. The molecule has 126 valence electrons. The summed E-state index contributed by atoms with van der Waals surface area (Å²) in [6, 6.07) is 0. The molecule has 1 aliphatic rings. The summed E-state index contributed by atoms with van der Waals surface area (Å²) < 4.78 is 4.03. The topological polar surface area (TPSA) is 97.3 Å². The molecule has 0 saturated carbocycles. The van der Waals surface area contributed by atoms with Gasteiger partial charge in [-0.3, -0.25) is 18.8 Å². The first-order valence-corrected chi connectivity index (χ1v) is 7.71. The number of fused-ring (bicyclic) bond motifs is 1. The van der Waals surface area contributed by atoms with E-state index in [1.54, 1.807) is 11.6 Å². The number of hydrogen-bond acceptors (Lipinski definition) is 6. The van der Waals surface area contributed by atoms with Crippen molar-refractivity contribution in [1.29, 1.82) is 0 Å². The van der Waals surface area contributed by atoms with Gasteiger partial charge in [0.25, 0.3) is 5.56 Å². The van der Waals surface area contributed by atoms with Gasteiger partial charge >= 0.3 is 5.69 Å². The van der Waals surface area contributed by atoms with Crippen LogP contribution < -0.4 is 16.6 Å². The fraction of sp³-hybridized carbons (Fsp3) is 0.643. The van der Waals surface area contributed by atoms with Crippen molar-refractivity contribution in [3.05, 3.63) is 27.2 Å². The highest BCUT2D eigenvalue weighted by Gasteiger charge is 2.18. The molecule has 3 rings (SSSR count). The zero-order chi connectivity index (χ0) is 16.6. The molecule has 23 heavy (non-hydrogen) atoms. The molecular weight excluding hydrogens is 300 g/mol. The second-order valence-corrected chi connectivity index (χ2v) is 5.98. The number of piperazine rings is 1. The van der Waals surface area contributed by atoms with Gasteiger partial charge < -0.3 is 15.0 Å². The molecule has 0 radical (unpaired) electrons. The Bertz CT molecular complexity index is 814. The molecule has 3 heterocycles. The molecule has 0 aliphatic carbocycles. The molecule has 1 aliphatic heterocycles. The largest absolute Gasteiger partial charge is 0.390 e. The number of aliphatic hydroxyl groups is 1. The first-order chi connectivity index (χ1) is 11.0. The van der Waals surface area contributed by atoms with Crippen LogP contribution in [0.15, 0.2) is 15.9 Å². The third-order valence-corrected chi connectivity index (χ3v) is 4.30. The number of rotatable bonds is 4. The lowest BCUT2D eigenvalue weighted by atomic mass is 10.2. The number of β-amino-alcohol motifs (C(OH)–C–C–N with tert-alkyl or cyclic N) is 1. The number of nitrogens with one attached hydrogen (secondary N) is 1. The van der Waals surface area contributed by atoms with Crippen LogP contribution >= 0.6 is 0 Å². The van der Waals surface area contributed by atoms with E-state index in [2.05, 4.69) is 15.2 Å². The van der Waals surface area contributed by atoms with Crippen LogP contribution in [0.25, 0.3) is 11.2 Å². The number of aliphatic hydroxyl groups excluding tert-OH is 1. The molecule has 2 aromatic rings. The van der Waals surface area contributed by atoms with E-state index in [4.69, 9.17) is 0 Å². The average molecular weight is 322 g/mol. The Balaban J connectivity index is 1.86. The van der Waals surface area contributed by atoms with Crippen LogP contribution in [-0.2, 0) is 20.6 Å². The van der Waals surface area contributed by atoms with Gasteiger partial charge in [-0.2, -0.15) is 0 Å². The number of hydrogen-bond donors (Lipinski definition) is 2. The summed E-state index contributed by atoms with van der Waals surface area (Å²) in [6.45, 7) is 4.46. The fourth-order valence-corrected chi connectivity index (χ4v) is 3.01. The van der Waals surface area contributed by atoms with Crippen LogP contribution in [-0.4, -0.2) is 67.5 Å². The quantitative estimate of drug-likeness (QED) is 0.657. The molecule has 0 bridgehead atoms. The molecule has 9 heteroatoms. The van der Waals surface area contributed by atoms with Gasteiger partial charge in [-0.1, -0.05) is 0 Å². The van der Waals surface area contributed by atoms with Crippen LogP contribution in [0.1, 0.15) is 0 Å². The van der Waals surface area contributed by atoms with Crippen LogP contribution in [0, 0.1) is 0 Å². The molecule has 1 unspecified atom stereocenters. The summed E-state index contributed by atoms with van der Waals surface area (Å²) >= 11 is 0. The van der Waals surface area contributed by atoms with Crippen LogP contribution in [0.2, 0.25) is 0 Å². The van der Waals surface area contributed by atoms with E-state index in [-0.39, 0.29) is 6.54 Å². The summed E-state index contributed by atoms with van der Waals surface area (Å²) in [5.41, 5.74) is -0.120. The van der Waals surface area contributed by atoms with Gasteiger partial charge in [0, 0.05) is 46.8 Å². The normalized spacial score (nSPS) is 17.7.